The van der Waals surface area contributed by atoms with Crippen molar-refractivity contribution in [2.75, 3.05) is 10.6 Å². The Bertz CT molecular complexity index is 830. The highest BCUT2D eigenvalue weighted by Crippen LogP contribution is 2.26. The van der Waals surface area contributed by atoms with Gasteiger partial charge < -0.3 is 15.7 Å². The van der Waals surface area contributed by atoms with E-state index >= 15 is 0 Å². The molecule has 27 heavy (non-hydrogen) atoms. The van der Waals surface area contributed by atoms with Gasteiger partial charge in [-0.15, -0.1) is 11.8 Å². The molecule has 0 radical (unpaired) electrons. The van der Waals surface area contributed by atoms with E-state index < -0.39 is 11.2 Å². The van der Waals surface area contributed by atoms with Gasteiger partial charge in [0.15, 0.2) is 0 Å². The molecule has 0 spiro atoms. The molecule has 0 bridgehead atoms. The summed E-state index contributed by atoms with van der Waals surface area (Å²) < 4.78 is 0. The van der Waals surface area contributed by atoms with Crippen LogP contribution in [0.1, 0.15) is 19.8 Å². The quantitative estimate of drug-likeness (QED) is 0.576. The summed E-state index contributed by atoms with van der Waals surface area (Å²) in [7, 11) is 0. The molecule has 1 aromatic heterocycles. The monoisotopic (exact) mass is 407 g/mol. The number of carbonyl (C=O) groups is 3. The van der Waals surface area contributed by atoms with Crippen molar-refractivity contribution in [2.24, 2.45) is 0 Å². The van der Waals surface area contributed by atoms with Crippen molar-refractivity contribution in [3.63, 3.8) is 0 Å². The normalized spacial score (nSPS) is 11.5. The van der Waals surface area contributed by atoms with Gasteiger partial charge in [-0.25, -0.2) is 4.98 Å². The van der Waals surface area contributed by atoms with Crippen LogP contribution in [0.4, 0.5) is 11.5 Å². The van der Waals surface area contributed by atoms with E-state index in [1.54, 1.807) is 37.3 Å². The zero-order chi connectivity index (χ0) is 19.8. The lowest BCUT2D eigenvalue weighted by molar-refractivity contribution is -0.138. The van der Waals surface area contributed by atoms with E-state index in [1.807, 2.05) is 6.07 Å². The number of rotatable bonds is 8. The molecule has 0 aliphatic carbocycles. The number of thioether (sulfide) groups is 1. The summed E-state index contributed by atoms with van der Waals surface area (Å²) in [4.78, 5) is 39.3. The number of nitrogens with zero attached hydrogens (tertiary/aromatic N) is 1. The lowest BCUT2D eigenvalue weighted by Gasteiger charge is -2.12. The maximum atomic E-state index is 12.3. The van der Waals surface area contributed by atoms with E-state index in [0.717, 1.165) is 4.90 Å². The van der Waals surface area contributed by atoms with Crippen LogP contribution in [0.5, 0.6) is 0 Å². The molecule has 7 nitrogen and oxygen atoms in total. The Balaban J connectivity index is 1.92. The molecule has 2 aromatic rings. The number of anilines is 2. The number of aliphatic carboxylic acids is 1. The first-order valence-corrected chi connectivity index (χ1v) is 9.30. The Labute approximate surface area is 165 Å². The van der Waals surface area contributed by atoms with Crippen LogP contribution in [0.2, 0.25) is 5.02 Å². The maximum absolute atomic E-state index is 12.3. The predicted molar refractivity (Wildman–Crippen MR) is 105 cm³/mol. The fourth-order valence-corrected chi connectivity index (χ4v) is 3.06. The molecule has 1 unspecified atom stereocenters. The van der Waals surface area contributed by atoms with Gasteiger partial charge in [0.05, 0.1) is 16.7 Å². The van der Waals surface area contributed by atoms with Crippen molar-refractivity contribution < 1.29 is 19.5 Å². The first-order chi connectivity index (χ1) is 12.8. The number of aromatic nitrogens is 1. The zero-order valence-corrected chi connectivity index (χ0v) is 16.0. The fourth-order valence-electron chi connectivity index (χ4n) is 2.03. The predicted octanol–water partition coefficient (Wildman–Crippen LogP) is 3.66. The number of nitrogens with one attached hydrogen (secondary N) is 2. The van der Waals surface area contributed by atoms with Crippen LogP contribution in [0, 0.1) is 0 Å². The molecular weight excluding hydrogens is 390 g/mol. The first-order valence-electron chi connectivity index (χ1n) is 8.04. The summed E-state index contributed by atoms with van der Waals surface area (Å²) in [6.45, 7) is 1.76. The molecule has 1 aromatic carbocycles. The Morgan fingerprint density at radius 3 is 2.63 bits per heavy atom. The minimum absolute atomic E-state index is 0.0976. The zero-order valence-electron chi connectivity index (χ0n) is 14.4. The fraction of sp³-hybridized carbons (Fsp3) is 0.222. The number of amides is 2. The van der Waals surface area contributed by atoms with Gasteiger partial charge >= 0.3 is 5.97 Å². The molecule has 1 atom stereocenters. The molecule has 2 amide bonds. The summed E-state index contributed by atoms with van der Waals surface area (Å²) in [6.07, 6.45) is 1.13. The van der Waals surface area contributed by atoms with Gasteiger partial charge in [-0.1, -0.05) is 17.7 Å². The summed E-state index contributed by atoms with van der Waals surface area (Å²) in [5.74, 6) is -1.20. The highest BCUT2D eigenvalue weighted by molar-refractivity contribution is 8.00. The third-order valence-electron chi connectivity index (χ3n) is 3.34. The van der Waals surface area contributed by atoms with Crippen LogP contribution in [0.3, 0.4) is 0 Å². The van der Waals surface area contributed by atoms with Crippen molar-refractivity contribution in [3.05, 3.63) is 47.6 Å². The molecule has 2 rings (SSSR count). The van der Waals surface area contributed by atoms with Crippen LogP contribution >= 0.6 is 23.4 Å². The molecule has 0 aliphatic heterocycles. The van der Waals surface area contributed by atoms with Crippen molar-refractivity contribution in [3.8, 4) is 0 Å². The molecule has 0 aliphatic rings. The van der Waals surface area contributed by atoms with E-state index in [4.69, 9.17) is 16.7 Å². The minimum atomic E-state index is -1.02. The molecule has 3 N–H and O–H groups in total. The number of carboxylic acids is 1. The molecule has 0 saturated carbocycles. The van der Waals surface area contributed by atoms with Crippen LogP contribution < -0.4 is 10.6 Å². The summed E-state index contributed by atoms with van der Waals surface area (Å²) in [5, 5.41) is 14.0. The van der Waals surface area contributed by atoms with Crippen molar-refractivity contribution in [2.45, 2.75) is 29.9 Å². The van der Waals surface area contributed by atoms with Crippen molar-refractivity contribution in [1.29, 1.82) is 0 Å². The van der Waals surface area contributed by atoms with Crippen molar-refractivity contribution in [1.82, 2.24) is 4.98 Å². The van der Waals surface area contributed by atoms with Gasteiger partial charge in [-0.05, 0) is 37.3 Å². The summed E-state index contributed by atoms with van der Waals surface area (Å²) >= 11 is 7.09. The number of hydrogen-bond donors (Lipinski definition) is 3. The van der Waals surface area contributed by atoms with Crippen LogP contribution in [-0.4, -0.2) is 33.1 Å². The highest BCUT2D eigenvalue weighted by Gasteiger charge is 2.15. The van der Waals surface area contributed by atoms with Gasteiger partial charge in [-0.3, -0.25) is 14.4 Å². The molecule has 0 saturated heterocycles. The van der Waals surface area contributed by atoms with E-state index in [0.29, 0.717) is 16.5 Å². The van der Waals surface area contributed by atoms with Crippen molar-refractivity contribution >= 4 is 52.7 Å². The smallest absolute Gasteiger partial charge is 0.303 e. The average Bonchev–Trinajstić information content (AvgIpc) is 2.62. The summed E-state index contributed by atoms with van der Waals surface area (Å²) in [5.41, 5.74) is 0.544. The Hall–Kier alpha value is -2.58. The largest absolute Gasteiger partial charge is 0.481 e. The molecule has 142 valence electrons. The molecular formula is C18H18ClN3O4S. The third-order valence-corrected chi connectivity index (χ3v) is 4.66. The topological polar surface area (TPSA) is 108 Å². The number of carbonyl (C=O) groups excluding carboxylic acids is 2. The number of carboxylic acid groups (broad SMARTS) is 1. The van der Waals surface area contributed by atoms with Gasteiger partial charge in [0.25, 0.3) is 0 Å². The average molecular weight is 408 g/mol. The Morgan fingerprint density at radius 2 is 1.96 bits per heavy atom. The van der Waals surface area contributed by atoms with Gasteiger partial charge in [0, 0.05) is 23.2 Å². The van der Waals surface area contributed by atoms with Crippen LogP contribution in [0.15, 0.2) is 47.5 Å². The SMILES string of the molecule is CC(Sc1cccc(NC(=O)CCC(=O)O)c1)C(=O)Nc1ccc(Cl)cn1. The van der Waals surface area contributed by atoms with E-state index in [2.05, 4.69) is 15.6 Å². The number of hydrogen-bond acceptors (Lipinski definition) is 5. The second-order valence-electron chi connectivity index (χ2n) is 5.58. The molecule has 0 fully saturated rings. The third kappa shape index (κ3) is 7.28. The number of halogens is 1. The maximum Gasteiger partial charge on any atom is 0.303 e. The van der Waals surface area contributed by atoms with E-state index in [1.165, 1.54) is 18.0 Å². The standard InChI is InChI=1S/C18H18ClN3O4S/c1-11(18(26)22-15-6-5-12(19)10-20-15)27-14-4-2-3-13(9-14)21-16(23)7-8-17(24)25/h2-6,9-11H,7-8H2,1H3,(H,21,23)(H,24,25)(H,20,22,26). The lowest BCUT2D eigenvalue weighted by Crippen LogP contribution is -2.22. The first kappa shape index (κ1) is 20.7. The second-order valence-corrected chi connectivity index (χ2v) is 7.43. The summed E-state index contributed by atoms with van der Waals surface area (Å²) in [6, 6.07) is 10.3. The van der Waals surface area contributed by atoms with Gasteiger partial charge in [-0.2, -0.15) is 0 Å². The number of benzene rings is 1. The van der Waals surface area contributed by atoms with E-state index in [9.17, 15) is 14.4 Å². The molecule has 1 heterocycles. The molecule has 9 heteroatoms. The minimum Gasteiger partial charge on any atom is -0.481 e. The van der Waals surface area contributed by atoms with Crippen LogP contribution in [-0.2, 0) is 14.4 Å². The van der Waals surface area contributed by atoms with Gasteiger partial charge in [0.2, 0.25) is 11.8 Å². The number of pyridine rings is 1. The highest BCUT2D eigenvalue weighted by atomic mass is 35.5. The second kappa shape index (κ2) is 9.94. The Morgan fingerprint density at radius 1 is 1.19 bits per heavy atom. The van der Waals surface area contributed by atoms with Gasteiger partial charge in [0.1, 0.15) is 5.82 Å². The van der Waals surface area contributed by atoms with Crippen LogP contribution in [0.25, 0.3) is 0 Å². The van der Waals surface area contributed by atoms with E-state index in [-0.39, 0.29) is 24.7 Å². The lowest BCUT2D eigenvalue weighted by atomic mass is 10.2. The Kier molecular flexibility index (Phi) is 7.63.